The molecule has 0 radical (unpaired) electrons. The van der Waals surface area contributed by atoms with Crippen molar-refractivity contribution in [3.8, 4) is 11.1 Å². The van der Waals surface area contributed by atoms with Gasteiger partial charge in [-0.2, -0.15) is 0 Å². The van der Waals surface area contributed by atoms with Gasteiger partial charge in [-0.25, -0.2) is 9.87 Å². The van der Waals surface area contributed by atoms with Crippen LogP contribution in [0.2, 0.25) is 0 Å². The van der Waals surface area contributed by atoms with Crippen molar-refractivity contribution in [2.75, 3.05) is 23.7 Å². The van der Waals surface area contributed by atoms with E-state index in [1.165, 1.54) is 11.5 Å². The molecule has 176 valence electrons. The third-order valence-electron chi connectivity index (χ3n) is 4.93. The molecule has 9 nitrogen and oxygen atoms in total. The van der Waals surface area contributed by atoms with Crippen LogP contribution >= 0.6 is 0 Å². The molecule has 0 saturated carbocycles. The second kappa shape index (κ2) is 11.5. The Morgan fingerprint density at radius 1 is 0.912 bits per heavy atom. The highest BCUT2D eigenvalue weighted by molar-refractivity contribution is 5.98. The average molecular weight is 465 g/mol. The number of benzene rings is 3. The molecule has 10 heteroatoms. The molecule has 0 aliphatic rings. The first-order valence-corrected chi connectivity index (χ1v) is 10.3. The standard InChI is InChI=1S/C24H24FN5O4/c25-19-3-1-2-4-20(19)27-14-22(31)28-18-11-9-16(10-12-18)15-5-7-17(8-6-15)23(32)29-21(13-26)24(33)30-34/h1-12,21,27,34H,13-14,26H2,(H,28,31)(H,29,32)(H,30,33)/t21-/m0/s1. The van der Waals surface area contributed by atoms with Gasteiger partial charge >= 0.3 is 0 Å². The summed E-state index contributed by atoms with van der Waals surface area (Å²) in [5, 5.41) is 16.6. The van der Waals surface area contributed by atoms with E-state index in [1.807, 2.05) is 12.1 Å². The second-order valence-electron chi connectivity index (χ2n) is 7.27. The maximum atomic E-state index is 13.6. The normalized spacial score (nSPS) is 11.3. The van der Waals surface area contributed by atoms with Crippen molar-refractivity contribution in [3.63, 3.8) is 0 Å². The number of para-hydroxylation sites is 1. The molecular formula is C24H24FN5O4. The molecule has 0 heterocycles. The highest BCUT2D eigenvalue weighted by atomic mass is 19.1. The van der Waals surface area contributed by atoms with E-state index < -0.39 is 23.7 Å². The lowest BCUT2D eigenvalue weighted by molar-refractivity contribution is -0.130. The summed E-state index contributed by atoms with van der Waals surface area (Å²) >= 11 is 0. The van der Waals surface area contributed by atoms with Crippen molar-refractivity contribution in [1.82, 2.24) is 10.8 Å². The van der Waals surface area contributed by atoms with Gasteiger partial charge in [-0.1, -0.05) is 36.4 Å². The smallest absolute Gasteiger partial charge is 0.267 e. The molecule has 3 aromatic rings. The summed E-state index contributed by atoms with van der Waals surface area (Å²) in [5.74, 6) is -2.06. The molecule has 0 spiro atoms. The maximum Gasteiger partial charge on any atom is 0.267 e. The maximum absolute atomic E-state index is 13.6. The van der Waals surface area contributed by atoms with Gasteiger partial charge in [0.15, 0.2) is 0 Å². The van der Waals surface area contributed by atoms with E-state index in [0.29, 0.717) is 11.3 Å². The summed E-state index contributed by atoms with van der Waals surface area (Å²) in [6.45, 7) is -0.254. The Morgan fingerprint density at radius 2 is 1.53 bits per heavy atom. The zero-order chi connectivity index (χ0) is 24.5. The van der Waals surface area contributed by atoms with E-state index in [0.717, 1.165) is 11.1 Å². The lowest BCUT2D eigenvalue weighted by atomic mass is 10.0. The van der Waals surface area contributed by atoms with Crippen LogP contribution in [0, 0.1) is 5.82 Å². The zero-order valence-electron chi connectivity index (χ0n) is 18.0. The van der Waals surface area contributed by atoms with Crippen molar-refractivity contribution < 1.29 is 24.0 Å². The van der Waals surface area contributed by atoms with Crippen molar-refractivity contribution in [2.45, 2.75) is 6.04 Å². The van der Waals surface area contributed by atoms with Gasteiger partial charge in [0.1, 0.15) is 11.9 Å². The second-order valence-corrected chi connectivity index (χ2v) is 7.27. The van der Waals surface area contributed by atoms with E-state index >= 15 is 0 Å². The molecule has 3 aromatic carbocycles. The molecule has 0 fully saturated rings. The van der Waals surface area contributed by atoms with E-state index in [2.05, 4.69) is 16.0 Å². The summed E-state index contributed by atoms with van der Waals surface area (Å²) < 4.78 is 13.6. The SMILES string of the molecule is NC[C@H](NC(=O)c1ccc(-c2ccc(NC(=O)CNc3ccccc3F)cc2)cc1)C(=O)NO. The minimum Gasteiger partial charge on any atom is -0.374 e. The lowest BCUT2D eigenvalue weighted by Crippen LogP contribution is -2.50. The summed E-state index contributed by atoms with van der Waals surface area (Å²) in [7, 11) is 0. The molecule has 3 amide bonds. The molecule has 7 N–H and O–H groups in total. The Labute approximate surface area is 195 Å². The largest absolute Gasteiger partial charge is 0.374 e. The predicted molar refractivity (Wildman–Crippen MR) is 126 cm³/mol. The number of hydrogen-bond acceptors (Lipinski definition) is 6. The van der Waals surface area contributed by atoms with Gasteiger partial charge in [0.25, 0.3) is 11.8 Å². The Bertz CT molecular complexity index is 1150. The van der Waals surface area contributed by atoms with Gasteiger partial charge < -0.3 is 21.7 Å². The number of anilines is 2. The molecule has 0 aliphatic carbocycles. The Kier molecular flexibility index (Phi) is 8.27. The number of nitrogens with one attached hydrogen (secondary N) is 4. The molecule has 0 aromatic heterocycles. The molecule has 0 bridgehead atoms. The number of rotatable bonds is 9. The molecular weight excluding hydrogens is 441 g/mol. The summed E-state index contributed by atoms with van der Waals surface area (Å²) in [5.41, 5.74) is 9.73. The Hall–Kier alpha value is -4.28. The van der Waals surface area contributed by atoms with Crippen LogP contribution in [0.1, 0.15) is 10.4 Å². The van der Waals surface area contributed by atoms with Crippen LogP contribution in [-0.2, 0) is 9.59 Å². The quantitative estimate of drug-likeness (QED) is 0.211. The predicted octanol–water partition coefficient (Wildman–Crippen LogP) is 2.11. The third-order valence-corrected chi connectivity index (χ3v) is 4.93. The number of amides is 3. The van der Waals surface area contributed by atoms with E-state index in [9.17, 15) is 18.8 Å². The van der Waals surface area contributed by atoms with Crippen LogP contribution in [0.5, 0.6) is 0 Å². The van der Waals surface area contributed by atoms with Gasteiger partial charge in [0.2, 0.25) is 5.91 Å². The third kappa shape index (κ3) is 6.37. The van der Waals surface area contributed by atoms with Crippen LogP contribution in [0.3, 0.4) is 0 Å². The molecule has 3 rings (SSSR count). The average Bonchev–Trinajstić information content (AvgIpc) is 2.86. The van der Waals surface area contributed by atoms with Crippen LogP contribution < -0.4 is 27.2 Å². The van der Waals surface area contributed by atoms with Crippen LogP contribution in [0.25, 0.3) is 11.1 Å². The topological polar surface area (TPSA) is 146 Å². The fourth-order valence-electron chi connectivity index (χ4n) is 3.10. The Balaban J connectivity index is 1.57. The highest BCUT2D eigenvalue weighted by Gasteiger charge is 2.19. The van der Waals surface area contributed by atoms with Gasteiger partial charge in [0.05, 0.1) is 12.2 Å². The van der Waals surface area contributed by atoms with Gasteiger partial charge in [-0.3, -0.25) is 19.6 Å². The zero-order valence-corrected chi connectivity index (χ0v) is 18.0. The fourth-order valence-corrected chi connectivity index (χ4v) is 3.10. The number of carbonyl (C=O) groups is 3. The molecule has 0 saturated heterocycles. The van der Waals surface area contributed by atoms with E-state index in [1.54, 1.807) is 54.6 Å². The number of hydrogen-bond donors (Lipinski definition) is 6. The molecule has 34 heavy (non-hydrogen) atoms. The van der Waals surface area contributed by atoms with Gasteiger partial charge in [-0.15, -0.1) is 0 Å². The highest BCUT2D eigenvalue weighted by Crippen LogP contribution is 2.22. The van der Waals surface area contributed by atoms with Gasteiger partial charge in [0, 0.05) is 17.8 Å². The fraction of sp³-hybridized carbons (Fsp3) is 0.125. The Morgan fingerprint density at radius 3 is 2.12 bits per heavy atom. The monoisotopic (exact) mass is 465 g/mol. The minimum absolute atomic E-state index is 0.0861. The van der Waals surface area contributed by atoms with Crippen molar-refractivity contribution in [3.05, 3.63) is 84.2 Å². The van der Waals surface area contributed by atoms with E-state index in [-0.39, 0.29) is 24.7 Å². The molecule has 1 atom stereocenters. The molecule has 0 unspecified atom stereocenters. The summed E-state index contributed by atoms with van der Waals surface area (Å²) in [6, 6.07) is 18.8. The first-order valence-electron chi connectivity index (χ1n) is 10.3. The minimum atomic E-state index is -1.05. The summed E-state index contributed by atoms with van der Waals surface area (Å²) in [4.78, 5) is 35.9. The van der Waals surface area contributed by atoms with Crippen LogP contribution in [-0.4, -0.2) is 42.1 Å². The van der Waals surface area contributed by atoms with Crippen molar-refractivity contribution in [2.24, 2.45) is 5.73 Å². The number of halogens is 1. The van der Waals surface area contributed by atoms with Gasteiger partial charge in [-0.05, 0) is 47.5 Å². The van der Waals surface area contributed by atoms with Crippen molar-refractivity contribution >= 4 is 29.1 Å². The first kappa shape index (κ1) is 24.4. The number of carbonyl (C=O) groups excluding carboxylic acids is 3. The lowest BCUT2D eigenvalue weighted by Gasteiger charge is -2.14. The van der Waals surface area contributed by atoms with Crippen LogP contribution in [0.4, 0.5) is 15.8 Å². The molecule has 0 aliphatic heterocycles. The van der Waals surface area contributed by atoms with Crippen LogP contribution in [0.15, 0.2) is 72.8 Å². The number of hydroxylamine groups is 1. The van der Waals surface area contributed by atoms with E-state index in [4.69, 9.17) is 10.9 Å². The summed E-state index contributed by atoms with van der Waals surface area (Å²) in [6.07, 6.45) is 0. The first-order chi connectivity index (χ1) is 16.4. The number of nitrogens with two attached hydrogens (primary N) is 1. The van der Waals surface area contributed by atoms with Crippen molar-refractivity contribution in [1.29, 1.82) is 0 Å².